The molecule has 1 saturated carbocycles. The second-order valence-electron chi connectivity index (χ2n) is 10.7. The standard InChI is InChI=1S/C26H34FNO7/c1-15-4-9-20-16(2)23(32-24-26(20)19(15)12-13-25(3,33-24)34-35-26)31-22(30)11-10-21(29)28-14-17-5-7-18(27)8-6-17/h5-8,15-16,19-20,23-24H,4,9-14H2,1-3H3,(H,28,29)/t15-,16-,19+,20+,23-,24-,25-,26+/m1/s1. The Hall–Kier alpha value is -2.07. The monoisotopic (exact) mass is 491 g/mol. The molecule has 1 N–H and O–H groups in total. The van der Waals surface area contributed by atoms with Gasteiger partial charge < -0.3 is 19.5 Å². The minimum Gasteiger partial charge on any atom is -0.435 e. The van der Waals surface area contributed by atoms with Crippen molar-refractivity contribution in [1.82, 2.24) is 5.32 Å². The molecule has 0 aromatic heterocycles. The van der Waals surface area contributed by atoms with Crippen molar-refractivity contribution in [3.63, 3.8) is 0 Å². The minimum atomic E-state index is -0.894. The molecule has 5 aliphatic rings. The first-order chi connectivity index (χ1) is 16.7. The van der Waals surface area contributed by atoms with Crippen LogP contribution in [0.3, 0.4) is 0 Å². The minimum absolute atomic E-state index is 0.0109. The zero-order valence-electron chi connectivity index (χ0n) is 20.5. The molecule has 1 aromatic carbocycles. The molecule has 2 bridgehead atoms. The molecule has 0 unspecified atom stereocenters. The molecule has 4 heterocycles. The predicted octanol–water partition coefficient (Wildman–Crippen LogP) is 3.97. The Kier molecular flexibility index (Phi) is 6.63. The van der Waals surface area contributed by atoms with Crippen LogP contribution in [0.4, 0.5) is 4.39 Å². The van der Waals surface area contributed by atoms with Gasteiger partial charge in [-0.3, -0.25) is 9.59 Å². The fourth-order valence-electron chi connectivity index (χ4n) is 6.30. The fourth-order valence-corrected chi connectivity index (χ4v) is 6.30. The molecule has 1 amide bonds. The quantitative estimate of drug-likeness (QED) is 0.475. The van der Waals surface area contributed by atoms with Crippen LogP contribution in [0, 0.1) is 29.5 Å². The number of amides is 1. The third-order valence-electron chi connectivity index (χ3n) is 8.30. The van der Waals surface area contributed by atoms with E-state index in [4.69, 9.17) is 24.0 Å². The maximum absolute atomic E-state index is 13.0. The van der Waals surface area contributed by atoms with Crippen LogP contribution in [0.2, 0.25) is 0 Å². The number of ether oxygens (including phenoxy) is 3. The van der Waals surface area contributed by atoms with Crippen molar-refractivity contribution in [3.8, 4) is 0 Å². The molecule has 0 radical (unpaired) electrons. The van der Waals surface area contributed by atoms with E-state index in [1.165, 1.54) is 12.1 Å². The Morgan fingerprint density at radius 3 is 2.63 bits per heavy atom. The summed E-state index contributed by atoms with van der Waals surface area (Å²) in [4.78, 5) is 36.7. The molecule has 4 aliphatic heterocycles. The van der Waals surface area contributed by atoms with Crippen LogP contribution in [-0.2, 0) is 40.1 Å². The van der Waals surface area contributed by atoms with Gasteiger partial charge in [-0.25, -0.2) is 14.2 Å². The van der Waals surface area contributed by atoms with Crippen molar-refractivity contribution in [2.75, 3.05) is 0 Å². The molecule has 1 aliphatic carbocycles. The maximum Gasteiger partial charge on any atom is 0.308 e. The van der Waals surface area contributed by atoms with E-state index < -0.39 is 29.9 Å². The molecular weight excluding hydrogens is 457 g/mol. The lowest BCUT2D eigenvalue weighted by atomic mass is 9.58. The van der Waals surface area contributed by atoms with Crippen LogP contribution in [0.1, 0.15) is 64.9 Å². The highest BCUT2D eigenvalue weighted by Crippen LogP contribution is 2.60. The van der Waals surface area contributed by atoms with Gasteiger partial charge in [-0.1, -0.05) is 26.0 Å². The lowest BCUT2D eigenvalue weighted by Crippen LogP contribution is -2.70. The van der Waals surface area contributed by atoms with Crippen molar-refractivity contribution in [2.45, 2.75) is 89.8 Å². The maximum atomic E-state index is 13.0. The highest BCUT2D eigenvalue weighted by atomic mass is 19.1. The number of hydrogen-bond acceptors (Lipinski definition) is 7. The van der Waals surface area contributed by atoms with Crippen molar-refractivity contribution in [3.05, 3.63) is 35.6 Å². The Morgan fingerprint density at radius 1 is 1.09 bits per heavy atom. The molecule has 1 spiro atoms. The number of fused-ring (bicyclic) bond motifs is 2. The third-order valence-corrected chi connectivity index (χ3v) is 8.30. The molecule has 192 valence electrons. The Bertz CT molecular complexity index is 958. The molecule has 35 heavy (non-hydrogen) atoms. The number of hydrogen-bond donors (Lipinski definition) is 1. The van der Waals surface area contributed by atoms with E-state index in [9.17, 15) is 14.0 Å². The highest BCUT2D eigenvalue weighted by Gasteiger charge is 2.69. The van der Waals surface area contributed by atoms with Crippen molar-refractivity contribution >= 4 is 11.9 Å². The van der Waals surface area contributed by atoms with Crippen LogP contribution in [0.5, 0.6) is 0 Å². The summed E-state index contributed by atoms with van der Waals surface area (Å²) >= 11 is 0. The van der Waals surface area contributed by atoms with Gasteiger partial charge in [-0.05, 0) is 55.7 Å². The molecule has 5 fully saturated rings. The first-order valence-corrected chi connectivity index (χ1v) is 12.6. The van der Waals surface area contributed by atoms with Crippen LogP contribution in [0.15, 0.2) is 24.3 Å². The van der Waals surface area contributed by atoms with Gasteiger partial charge >= 0.3 is 5.97 Å². The SMILES string of the molecule is C[C@H]1[C@H](OC(=O)CCC(=O)NCc2ccc(F)cc2)O[C@@H]2O[C@@]3(C)CC[C@H]4[C@H](C)CC[C@@H]1[C@]24OO3. The zero-order valence-corrected chi connectivity index (χ0v) is 20.5. The van der Waals surface area contributed by atoms with Crippen molar-refractivity contribution < 1.29 is 38.0 Å². The van der Waals surface area contributed by atoms with Crippen LogP contribution in [-0.4, -0.2) is 35.8 Å². The Labute approximate surface area is 204 Å². The van der Waals surface area contributed by atoms with Gasteiger partial charge in [0.1, 0.15) is 5.82 Å². The average molecular weight is 492 g/mol. The van der Waals surface area contributed by atoms with Gasteiger partial charge in [0.15, 0.2) is 11.9 Å². The van der Waals surface area contributed by atoms with Crippen LogP contribution < -0.4 is 5.32 Å². The topological polar surface area (TPSA) is 92.3 Å². The second kappa shape index (κ2) is 9.42. The number of carbonyl (C=O) groups excluding carboxylic acids is 2. The Balaban J connectivity index is 1.19. The summed E-state index contributed by atoms with van der Waals surface area (Å²) in [6.45, 7) is 6.37. The summed E-state index contributed by atoms with van der Waals surface area (Å²) in [7, 11) is 0. The largest absolute Gasteiger partial charge is 0.435 e. The van der Waals surface area contributed by atoms with Gasteiger partial charge in [0, 0.05) is 31.2 Å². The van der Waals surface area contributed by atoms with Gasteiger partial charge in [0.05, 0.1) is 6.42 Å². The van der Waals surface area contributed by atoms with E-state index in [0.29, 0.717) is 12.3 Å². The van der Waals surface area contributed by atoms with E-state index in [-0.39, 0.29) is 48.9 Å². The summed E-state index contributed by atoms with van der Waals surface area (Å²) in [6.07, 6.45) is 2.05. The number of esters is 1. The summed E-state index contributed by atoms with van der Waals surface area (Å²) in [6, 6.07) is 5.88. The van der Waals surface area contributed by atoms with E-state index >= 15 is 0 Å². The summed E-state index contributed by atoms with van der Waals surface area (Å²) in [5.41, 5.74) is 0.0642. The second-order valence-corrected chi connectivity index (χ2v) is 10.7. The number of benzene rings is 1. The van der Waals surface area contributed by atoms with Crippen LogP contribution >= 0.6 is 0 Å². The molecule has 8 nitrogen and oxygen atoms in total. The number of rotatable bonds is 6. The molecule has 8 atom stereocenters. The summed E-state index contributed by atoms with van der Waals surface area (Å²) < 4.78 is 31.2. The van der Waals surface area contributed by atoms with Gasteiger partial charge in [-0.15, -0.1) is 0 Å². The fraction of sp³-hybridized carbons (Fsp3) is 0.692. The van der Waals surface area contributed by atoms with E-state index in [0.717, 1.165) is 24.8 Å². The van der Waals surface area contributed by atoms with Gasteiger partial charge in [0.2, 0.25) is 18.0 Å². The first-order valence-electron chi connectivity index (χ1n) is 12.6. The summed E-state index contributed by atoms with van der Waals surface area (Å²) in [5.74, 6) is -1.39. The average Bonchev–Trinajstić information content (AvgIpc) is 3.06. The molecule has 4 saturated heterocycles. The first kappa shape index (κ1) is 24.6. The number of nitrogens with one attached hydrogen (secondary N) is 1. The van der Waals surface area contributed by atoms with Crippen LogP contribution in [0.25, 0.3) is 0 Å². The lowest BCUT2D eigenvalue weighted by Gasteiger charge is -2.59. The smallest absolute Gasteiger partial charge is 0.308 e. The van der Waals surface area contributed by atoms with E-state index in [1.54, 1.807) is 12.1 Å². The van der Waals surface area contributed by atoms with Gasteiger partial charge in [-0.2, -0.15) is 0 Å². The molecule has 6 rings (SSSR count). The normalized spacial score (nSPS) is 39.9. The Morgan fingerprint density at radius 2 is 1.86 bits per heavy atom. The van der Waals surface area contributed by atoms with E-state index in [2.05, 4.69) is 12.2 Å². The molecular formula is C26H34FNO7. The summed E-state index contributed by atoms with van der Waals surface area (Å²) in [5, 5.41) is 2.73. The zero-order chi connectivity index (χ0) is 24.8. The lowest BCUT2D eigenvalue weighted by molar-refractivity contribution is -0.576. The number of carbonyl (C=O) groups is 2. The third kappa shape index (κ3) is 4.59. The number of halogens is 1. The molecule has 1 aromatic rings. The van der Waals surface area contributed by atoms with Crippen molar-refractivity contribution in [2.24, 2.45) is 23.7 Å². The van der Waals surface area contributed by atoms with Gasteiger partial charge in [0.25, 0.3) is 0 Å². The molecule has 9 heteroatoms. The predicted molar refractivity (Wildman–Crippen MR) is 120 cm³/mol. The van der Waals surface area contributed by atoms with E-state index in [1.807, 2.05) is 13.8 Å². The highest BCUT2D eigenvalue weighted by molar-refractivity contribution is 5.81. The van der Waals surface area contributed by atoms with Crippen molar-refractivity contribution in [1.29, 1.82) is 0 Å².